The van der Waals surface area contributed by atoms with Crippen LogP contribution in [-0.2, 0) is 6.54 Å². The maximum absolute atomic E-state index is 5.52. The number of ether oxygens (including phenoxy) is 3. The lowest BCUT2D eigenvalue weighted by Gasteiger charge is -2.23. The molecule has 0 aromatic heterocycles. The summed E-state index contributed by atoms with van der Waals surface area (Å²) in [7, 11) is 5.02. The van der Waals surface area contributed by atoms with Gasteiger partial charge in [0.1, 0.15) is 5.75 Å². The molecule has 4 nitrogen and oxygen atoms in total. The van der Waals surface area contributed by atoms with Crippen LogP contribution < -0.4 is 14.2 Å². The van der Waals surface area contributed by atoms with Crippen molar-refractivity contribution in [3.05, 3.63) is 17.7 Å². The van der Waals surface area contributed by atoms with E-state index in [9.17, 15) is 0 Å². The molecule has 0 spiro atoms. The van der Waals surface area contributed by atoms with Crippen molar-refractivity contribution in [2.75, 3.05) is 34.4 Å². The summed E-state index contributed by atoms with van der Waals surface area (Å²) in [6.07, 6.45) is 3.93. The van der Waals surface area contributed by atoms with E-state index in [4.69, 9.17) is 14.2 Å². The van der Waals surface area contributed by atoms with Crippen molar-refractivity contribution in [2.24, 2.45) is 5.92 Å². The summed E-state index contributed by atoms with van der Waals surface area (Å²) >= 11 is 0. The molecule has 2 rings (SSSR count). The van der Waals surface area contributed by atoms with Crippen molar-refractivity contribution in [1.82, 2.24) is 4.90 Å². The first-order valence-corrected chi connectivity index (χ1v) is 7.73. The predicted octanol–water partition coefficient (Wildman–Crippen LogP) is 3.33. The predicted molar refractivity (Wildman–Crippen MR) is 84.4 cm³/mol. The molecule has 0 atom stereocenters. The second-order valence-electron chi connectivity index (χ2n) is 5.70. The van der Waals surface area contributed by atoms with E-state index in [2.05, 4.69) is 11.8 Å². The van der Waals surface area contributed by atoms with E-state index in [-0.39, 0.29) is 0 Å². The maximum Gasteiger partial charge on any atom is 0.164 e. The van der Waals surface area contributed by atoms with E-state index < -0.39 is 0 Å². The molecule has 0 N–H and O–H groups in total. The Morgan fingerprint density at radius 2 is 1.62 bits per heavy atom. The molecule has 0 amide bonds. The second kappa shape index (κ2) is 7.55. The monoisotopic (exact) mass is 293 g/mol. The average Bonchev–Trinajstić information content (AvgIpc) is 3.30. The van der Waals surface area contributed by atoms with Gasteiger partial charge in [-0.15, -0.1) is 0 Å². The third kappa shape index (κ3) is 4.27. The standard InChI is InChI=1S/C17H27NO3/c1-5-8-18(11-13-6-7-13)12-14-9-16(20-3)17(21-4)10-15(14)19-2/h9-10,13H,5-8,11-12H2,1-4H3. The Kier molecular flexibility index (Phi) is 5.74. The Labute approximate surface area is 128 Å². The normalized spacial score (nSPS) is 14.3. The SMILES string of the molecule is CCCN(Cc1cc(OC)c(OC)cc1OC)CC1CC1. The van der Waals surface area contributed by atoms with Gasteiger partial charge < -0.3 is 14.2 Å². The first kappa shape index (κ1) is 16.0. The van der Waals surface area contributed by atoms with Crippen LogP contribution in [0.15, 0.2) is 12.1 Å². The van der Waals surface area contributed by atoms with E-state index in [1.54, 1.807) is 21.3 Å². The van der Waals surface area contributed by atoms with Gasteiger partial charge in [0.15, 0.2) is 11.5 Å². The van der Waals surface area contributed by atoms with E-state index in [0.29, 0.717) is 5.75 Å². The minimum Gasteiger partial charge on any atom is -0.496 e. The average molecular weight is 293 g/mol. The highest BCUT2D eigenvalue weighted by Gasteiger charge is 2.24. The minimum atomic E-state index is 0.710. The van der Waals surface area contributed by atoms with Gasteiger partial charge in [0.25, 0.3) is 0 Å². The number of hydrogen-bond acceptors (Lipinski definition) is 4. The van der Waals surface area contributed by atoms with Crippen molar-refractivity contribution in [1.29, 1.82) is 0 Å². The van der Waals surface area contributed by atoms with Crippen molar-refractivity contribution in [3.63, 3.8) is 0 Å². The van der Waals surface area contributed by atoms with Crippen LogP contribution in [0.2, 0.25) is 0 Å². The second-order valence-corrected chi connectivity index (χ2v) is 5.70. The molecule has 1 saturated carbocycles. The van der Waals surface area contributed by atoms with Gasteiger partial charge in [0.05, 0.1) is 21.3 Å². The van der Waals surface area contributed by atoms with Gasteiger partial charge >= 0.3 is 0 Å². The van der Waals surface area contributed by atoms with E-state index >= 15 is 0 Å². The lowest BCUT2D eigenvalue weighted by Crippen LogP contribution is -2.26. The summed E-state index contributed by atoms with van der Waals surface area (Å²) in [5.74, 6) is 3.23. The molecule has 1 aromatic carbocycles. The maximum atomic E-state index is 5.52. The van der Waals surface area contributed by atoms with Crippen LogP contribution in [0.25, 0.3) is 0 Å². The van der Waals surface area contributed by atoms with E-state index in [1.165, 1.54) is 25.8 Å². The molecule has 0 heterocycles. The Hall–Kier alpha value is -1.42. The quantitative estimate of drug-likeness (QED) is 0.699. The van der Waals surface area contributed by atoms with Crippen LogP contribution in [0.5, 0.6) is 17.2 Å². The van der Waals surface area contributed by atoms with E-state index in [0.717, 1.165) is 36.1 Å². The van der Waals surface area contributed by atoms with Crippen molar-refractivity contribution in [3.8, 4) is 17.2 Å². The van der Waals surface area contributed by atoms with Crippen LogP contribution >= 0.6 is 0 Å². The largest absolute Gasteiger partial charge is 0.496 e. The summed E-state index contributed by atoms with van der Waals surface area (Å²) in [6.45, 7) is 5.43. The Morgan fingerprint density at radius 3 is 2.14 bits per heavy atom. The van der Waals surface area contributed by atoms with Gasteiger partial charge in [-0.1, -0.05) is 6.92 Å². The van der Waals surface area contributed by atoms with Gasteiger partial charge in [-0.2, -0.15) is 0 Å². The molecule has 0 bridgehead atoms. The molecule has 1 aliphatic carbocycles. The topological polar surface area (TPSA) is 30.9 Å². The summed E-state index contributed by atoms with van der Waals surface area (Å²) in [5.41, 5.74) is 1.16. The summed E-state index contributed by atoms with van der Waals surface area (Å²) in [5, 5.41) is 0. The fraction of sp³-hybridized carbons (Fsp3) is 0.647. The summed E-state index contributed by atoms with van der Waals surface area (Å²) in [6, 6.07) is 3.95. The van der Waals surface area contributed by atoms with Crippen LogP contribution in [-0.4, -0.2) is 39.3 Å². The highest BCUT2D eigenvalue weighted by Crippen LogP contribution is 2.36. The lowest BCUT2D eigenvalue weighted by molar-refractivity contribution is 0.250. The third-order valence-corrected chi connectivity index (χ3v) is 3.93. The van der Waals surface area contributed by atoms with Gasteiger partial charge in [0.2, 0.25) is 0 Å². The number of rotatable bonds is 9. The van der Waals surface area contributed by atoms with Gasteiger partial charge in [-0.25, -0.2) is 0 Å². The zero-order chi connectivity index (χ0) is 15.2. The first-order chi connectivity index (χ1) is 10.2. The zero-order valence-corrected chi connectivity index (χ0v) is 13.6. The van der Waals surface area contributed by atoms with Crippen molar-refractivity contribution < 1.29 is 14.2 Å². The smallest absolute Gasteiger partial charge is 0.164 e. The molecule has 1 aromatic rings. The van der Waals surface area contributed by atoms with Crippen LogP contribution in [0.3, 0.4) is 0 Å². The molecule has 4 heteroatoms. The zero-order valence-electron chi connectivity index (χ0n) is 13.6. The Bertz CT molecular complexity index is 458. The highest BCUT2D eigenvalue weighted by atomic mass is 16.5. The van der Waals surface area contributed by atoms with Crippen molar-refractivity contribution in [2.45, 2.75) is 32.7 Å². The number of hydrogen-bond donors (Lipinski definition) is 0. The first-order valence-electron chi connectivity index (χ1n) is 7.73. The summed E-state index contributed by atoms with van der Waals surface area (Å²) < 4.78 is 16.3. The molecular weight excluding hydrogens is 266 g/mol. The molecule has 1 fully saturated rings. The Morgan fingerprint density at radius 1 is 1.00 bits per heavy atom. The lowest BCUT2D eigenvalue weighted by atomic mass is 10.1. The minimum absolute atomic E-state index is 0.710. The number of benzene rings is 1. The molecule has 0 saturated heterocycles. The third-order valence-electron chi connectivity index (χ3n) is 3.93. The van der Waals surface area contributed by atoms with Gasteiger partial charge in [-0.05, 0) is 37.8 Å². The fourth-order valence-corrected chi connectivity index (χ4v) is 2.67. The molecule has 1 aliphatic rings. The van der Waals surface area contributed by atoms with Gasteiger partial charge in [-0.3, -0.25) is 4.90 Å². The molecule has 21 heavy (non-hydrogen) atoms. The van der Waals surface area contributed by atoms with Crippen LogP contribution in [0.1, 0.15) is 31.7 Å². The molecule has 0 unspecified atom stereocenters. The number of nitrogens with zero attached hydrogens (tertiary/aromatic N) is 1. The summed E-state index contributed by atoms with van der Waals surface area (Å²) in [4.78, 5) is 2.52. The number of methoxy groups -OCH3 is 3. The fourth-order valence-electron chi connectivity index (χ4n) is 2.67. The van der Waals surface area contributed by atoms with Crippen molar-refractivity contribution >= 4 is 0 Å². The van der Waals surface area contributed by atoms with Gasteiger partial charge in [0, 0.05) is 24.7 Å². The van der Waals surface area contributed by atoms with Crippen LogP contribution in [0.4, 0.5) is 0 Å². The molecule has 0 aliphatic heterocycles. The van der Waals surface area contributed by atoms with Crippen LogP contribution in [0, 0.1) is 5.92 Å². The highest BCUT2D eigenvalue weighted by molar-refractivity contribution is 5.50. The molecular formula is C17H27NO3. The molecule has 118 valence electrons. The Balaban J connectivity index is 2.18. The van der Waals surface area contributed by atoms with E-state index in [1.807, 2.05) is 12.1 Å². The molecule has 0 radical (unpaired) electrons.